The number of halogens is 1. The average molecular weight is 287 g/mol. The maximum atomic E-state index is 13.0. The quantitative estimate of drug-likeness (QED) is 0.809. The van der Waals surface area contributed by atoms with Gasteiger partial charge in [-0.2, -0.15) is 9.37 Å². The van der Waals surface area contributed by atoms with Gasteiger partial charge in [0.25, 0.3) is 5.91 Å². The van der Waals surface area contributed by atoms with Gasteiger partial charge in [0.05, 0.1) is 6.54 Å². The molecule has 1 saturated heterocycles. The Kier molecular flexibility index (Phi) is 3.77. The molecule has 1 fully saturated rings. The SMILES string of the molecule is O=C(c1ccccn1)N1CCC(Oc2cccc(F)n2)C1. The molecule has 0 aliphatic carbocycles. The van der Waals surface area contributed by atoms with Crippen LogP contribution in [0.1, 0.15) is 16.9 Å². The Hall–Kier alpha value is -2.50. The van der Waals surface area contributed by atoms with E-state index in [0.717, 1.165) is 0 Å². The van der Waals surface area contributed by atoms with Crippen molar-refractivity contribution in [3.05, 3.63) is 54.2 Å². The zero-order valence-electron chi connectivity index (χ0n) is 11.3. The summed E-state index contributed by atoms with van der Waals surface area (Å²) >= 11 is 0. The predicted molar refractivity (Wildman–Crippen MR) is 73.4 cm³/mol. The van der Waals surface area contributed by atoms with E-state index in [0.29, 0.717) is 25.2 Å². The van der Waals surface area contributed by atoms with Crippen LogP contribution in [0.25, 0.3) is 0 Å². The van der Waals surface area contributed by atoms with Crippen molar-refractivity contribution >= 4 is 5.91 Å². The van der Waals surface area contributed by atoms with Crippen LogP contribution in [0.3, 0.4) is 0 Å². The molecule has 0 aromatic carbocycles. The van der Waals surface area contributed by atoms with Crippen LogP contribution in [0.4, 0.5) is 4.39 Å². The van der Waals surface area contributed by atoms with Gasteiger partial charge in [-0.1, -0.05) is 12.1 Å². The largest absolute Gasteiger partial charge is 0.472 e. The second-order valence-electron chi connectivity index (χ2n) is 4.79. The molecule has 1 atom stereocenters. The molecule has 21 heavy (non-hydrogen) atoms. The topological polar surface area (TPSA) is 55.3 Å². The molecule has 2 aromatic heterocycles. The lowest BCUT2D eigenvalue weighted by atomic mass is 10.3. The maximum absolute atomic E-state index is 13.0. The van der Waals surface area contributed by atoms with Crippen LogP contribution in [0.15, 0.2) is 42.6 Å². The van der Waals surface area contributed by atoms with Gasteiger partial charge in [0.1, 0.15) is 11.8 Å². The van der Waals surface area contributed by atoms with E-state index in [-0.39, 0.29) is 17.9 Å². The molecule has 3 rings (SSSR count). The zero-order valence-corrected chi connectivity index (χ0v) is 11.3. The fraction of sp³-hybridized carbons (Fsp3) is 0.267. The lowest BCUT2D eigenvalue weighted by molar-refractivity contribution is 0.0765. The molecule has 1 aliphatic heterocycles. The fourth-order valence-electron chi connectivity index (χ4n) is 2.29. The van der Waals surface area contributed by atoms with Crippen LogP contribution in [0.5, 0.6) is 5.88 Å². The molecule has 6 heteroatoms. The number of likely N-dealkylation sites (tertiary alicyclic amines) is 1. The first kappa shape index (κ1) is 13.5. The molecule has 5 nitrogen and oxygen atoms in total. The first-order chi connectivity index (χ1) is 10.2. The van der Waals surface area contributed by atoms with Crippen molar-refractivity contribution in [3.8, 4) is 5.88 Å². The number of ether oxygens (including phenoxy) is 1. The first-order valence-electron chi connectivity index (χ1n) is 6.72. The van der Waals surface area contributed by atoms with Gasteiger partial charge in [-0.05, 0) is 18.2 Å². The highest BCUT2D eigenvalue weighted by Crippen LogP contribution is 2.18. The molecule has 3 heterocycles. The predicted octanol–water partition coefficient (Wildman–Crippen LogP) is 1.91. The number of carbonyl (C=O) groups excluding carboxylic acids is 1. The molecule has 1 aliphatic rings. The van der Waals surface area contributed by atoms with Crippen molar-refractivity contribution in [2.45, 2.75) is 12.5 Å². The van der Waals surface area contributed by atoms with Gasteiger partial charge in [-0.25, -0.2) is 0 Å². The minimum atomic E-state index is -0.577. The molecule has 0 N–H and O–H groups in total. The fourth-order valence-corrected chi connectivity index (χ4v) is 2.29. The van der Waals surface area contributed by atoms with Crippen LogP contribution >= 0.6 is 0 Å². The van der Waals surface area contributed by atoms with E-state index in [1.807, 2.05) is 0 Å². The van der Waals surface area contributed by atoms with E-state index < -0.39 is 5.95 Å². The number of pyridine rings is 2. The normalized spacial score (nSPS) is 17.8. The smallest absolute Gasteiger partial charge is 0.272 e. The van der Waals surface area contributed by atoms with E-state index >= 15 is 0 Å². The molecule has 0 bridgehead atoms. The zero-order chi connectivity index (χ0) is 14.7. The van der Waals surface area contributed by atoms with Crippen molar-refractivity contribution in [3.63, 3.8) is 0 Å². The van der Waals surface area contributed by atoms with Gasteiger partial charge in [-0.3, -0.25) is 9.78 Å². The first-order valence-corrected chi connectivity index (χ1v) is 6.72. The summed E-state index contributed by atoms with van der Waals surface area (Å²) in [5.41, 5.74) is 0.419. The average Bonchev–Trinajstić information content (AvgIpc) is 2.96. The van der Waals surface area contributed by atoms with Gasteiger partial charge >= 0.3 is 0 Å². The van der Waals surface area contributed by atoms with Gasteiger partial charge in [0, 0.05) is 25.2 Å². The summed E-state index contributed by atoms with van der Waals surface area (Å²) in [7, 11) is 0. The van der Waals surface area contributed by atoms with Crippen molar-refractivity contribution in [1.29, 1.82) is 0 Å². The minimum Gasteiger partial charge on any atom is -0.472 e. The minimum absolute atomic E-state index is 0.117. The van der Waals surface area contributed by atoms with Crippen molar-refractivity contribution < 1.29 is 13.9 Å². The number of hydrogen-bond donors (Lipinski definition) is 0. The van der Waals surface area contributed by atoms with Gasteiger partial charge in [-0.15, -0.1) is 0 Å². The van der Waals surface area contributed by atoms with Crippen LogP contribution in [0, 0.1) is 5.95 Å². The number of nitrogens with zero attached hydrogens (tertiary/aromatic N) is 3. The molecule has 2 aromatic rings. The highest BCUT2D eigenvalue weighted by Gasteiger charge is 2.29. The summed E-state index contributed by atoms with van der Waals surface area (Å²) in [4.78, 5) is 21.6. The Morgan fingerprint density at radius 1 is 1.29 bits per heavy atom. The monoisotopic (exact) mass is 287 g/mol. The van der Waals surface area contributed by atoms with E-state index in [1.54, 1.807) is 41.4 Å². The Morgan fingerprint density at radius 2 is 2.19 bits per heavy atom. The summed E-state index contributed by atoms with van der Waals surface area (Å²) in [5, 5.41) is 0. The lowest BCUT2D eigenvalue weighted by Gasteiger charge is -2.16. The summed E-state index contributed by atoms with van der Waals surface area (Å²) < 4.78 is 18.6. The third kappa shape index (κ3) is 3.16. The summed E-state index contributed by atoms with van der Waals surface area (Å²) in [5.74, 6) is -0.451. The van der Waals surface area contributed by atoms with Gasteiger partial charge < -0.3 is 9.64 Å². The Labute approximate surface area is 121 Å². The molecule has 1 amide bonds. The molecule has 0 saturated carbocycles. The van der Waals surface area contributed by atoms with Crippen LogP contribution < -0.4 is 4.74 Å². The third-order valence-corrected chi connectivity index (χ3v) is 3.29. The van der Waals surface area contributed by atoms with E-state index in [4.69, 9.17) is 4.74 Å². The van der Waals surface area contributed by atoms with Crippen LogP contribution in [0.2, 0.25) is 0 Å². The molecule has 108 valence electrons. The Bertz CT molecular complexity index is 636. The lowest BCUT2D eigenvalue weighted by Crippen LogP contribution is -2.31. The molecular weight excluding hydrogens is 273 g/mol. The number of amides is 1. The molecular formula is C15H14FN3O2. The summed E-state index contributed by atoms with van der Waals surface area (Å²) in [6.07, 6.45) is 2.11. The number of carbonyl (C=O) groups is 1. The highest BCUT2D eigenvalue weighted by molar-refractivity contribution is 5.92. The Balaban J connectivity index is 1.62. The van der Waals surface area contributed by atoms with Gasteiger partial charge in [0.15, 0.2) is 0 Å². The highest BCUT2D eigenvalue weighted by atomic mass is 19.1. The standard InChI is InChI=1S/C15H14FN3O2/c16-13-5-3-6-14(18-13)21-11-7-9-19(10-11)15(20)12-4-1-2-8-17-12/h1-6,8,11H,7,9-10H2. The van der Waals surface area contributed by atoms with Crippen LogP contribution in [-0.2, 0) is 0 Å². The van der Waals surface area contributed by atoms with Crippen molar-refractivity contribution in [2.75, 3.05) is 13.1 Å². The van der Waals surface area contributed by atoms with E-state index in [2.05, 4.69) is 9.97 Å². The maximum Gasteiger partial charge on any atom is 0.272 e. The van der Waals surface area contributed by atoms with E-state index in [9.17, 15) is 9.18 Å². The van der Waals surface area contributed by atoms with Crippen molar-refractivity contribution in [2.24, 2.45) is 0 Å². The molecule has 0 radical (unpaired) electrons. The molecule has 1 unspecified atom stereocenters. The van der Waals surface area contributed by atoms with Crippen LogP contribution in [-0.4, -0.2) is 40.0 Å². The second-order valence-corrected chi connectivity index (χ2v) is 4.79. The summed E-state index contributed by atoms with van der Waals surface area (Å²) in [6, 6.07) is 9.64. The van der Waals surface area contributed by atoms with E-state index in [1.165, 1.54) is 6.07 Å². The second kappa shape index (κ2) is 5.87. The molecule has 0 spiro atoms. The van der Waals surface area contributed by atoms with Gasteiger partial charge in [0.2, 0.25) is 11.8 Å². The summed E-state index contributed by atoms with van der Waals surface area (Å²) in [6.45, 7) is 1.04. The third-order valence-electron chi connectivity index (χ3n) is 3.29. The number of rotatable bonds is 3. The Morgan fingerprint density at radius 3 is 2.95 bits per heavy atom. The van der Waals surface area contributed by atoms with Crippen molar-refractivity contribution in [1.82, 2.24) is 14.9 Å². The number of hydrogen-bond acceptors (Lipinski definition) is 4. The number of aromatic nitrogens is 2.